The molecule has 2 heterocycles. The summed E-state index contributed by atoms with van der Waals surface area (Å²) in [5.41, 5.74) is 1.08. The van der Waals surface area contributed by atoms with E-state index in [0.717, 1.165) is 10.6 Å². The Labute approximate surface area is 219 Å². The maximum atomic E-state index is 13.7. The van der Waals surface area contributed by atoms with Crippen molar-refractivity contribution >= 4 is 34.5 Å². The number of anilines is 1. The summed E-state index contributed by atoms with van der Waals surface area (Å²) in [4.78, 5) is 44.2. The average molecular weight is 531 g/mol. The molecule has 1 aliphatic rings. The number of pyridine rings is 1. The van der Waals surface area contributed by atoms with E-state index in [2.05, 4.69) is 15.6 Å². The molecular formula is C26H32F2N6O4. The van der Waals surface area contributed by atoms with Crippen LogP contribution < -0.4 is 15.5 Å². The average Bonchev–Trinajstić information content (AvgIpc) is 3.17. The summed E-state index contributed by atoms with van der Waals surface area (Å²) < 4.78 is 32.5. The number of amides is 3. The first-order valence-electron chi connectivity index (χ1n) is 12.2. The quantitative estimate of drug-likeness (QED) is 0.502. The van der Waals surface area contributed by atoms with Gasteiger partial charge in [-0.2, -0.15) is 5.26 Å². The molecule has 0 radical (unpaired) electrons. The lowest BCUT2D eigenvalue weighted by Gasteiger charge is -2.22. The highest BCUT2D eigenvalue weighted by Gasteiger charge is 2.47. The van der Waals surface area contributed by atoms with Gasteiger partial charge in [-0.05, 0) is 51.5 Å². The first-order chi connectivity index (χ1) is 17.8. The lowest BCUT2D eigenvalue weighted by molar-refractivity contribution is -0.131. The van der Waals surface area contributed by atoms with Crippen molar-refractivity contribution in [1.82, 2.24) is 20.5 Å². The van der Waals surface area contributed by atoms with Crippen LogP contribution in [0.15, 0.2) is 30.5 Å². The zero-order valence-corrected chi connectivity index (χ0v) is 21.9. The number of alkyl carbamates (subject to hydrolysis) is 1. The van der Waals surface area contributed by atoms with Gasteiger partial charge in [-0.1, -0.05) is 0 Å². The van der Waals surface area contributed by atoms with Gasteiger partial charge in [0.1, 0.15) is 11.6 Å². The number of fused-ring (bicyclic) bond motifs is 1. The van der Waals surface area contributed by atoms with E-state index in [1.165, 1.54) is 12.3 Å². The minimum atomic E-state index is -3.13. The van der Waals surface area contributed by atoms with E-state index < -0.39 is 55.0 Å². The van der Waals surface area contributed by atoms with Crippen LogP contribution in [0.25, 0.3) is 10.9 Å². The Morgan fingerprint density at radius 1 is 1.26 bits per heavy atom. The molecule has 0 spiro atoms. The van der Waals surface area contributed by atoms with Crippen molar-refractivity contribution in [3.63, 3.8) is 0 Å². The highest BCUT2D eigenvalue weighted by atomic mass is 19.3. The minimum absolute atomic E-state index is 0.272. The van der Waals surface area contributed by atoms with Crippen LogP contribution in [-0.2, 0) is 9.53 Å². The number of hydrogen-bond donors (Lipinski definition) is 2. The Kier molecular flexibility index (Phi) is 8.70. The fourth-order valence-corrected chi connectivity index (χ4v) is 4.07. The SMILES string of the molecule is CN(CCCNC(=O)OC(C)(C)C)c1ccc2nccc(C(=O)NCC(=O)N3CC(F)(F)C[C@H]3C#N)c2c1. The van der Waals surface area contributed by atoms with Crippen LogP contribution in [0.2, 0.25) is 0 Å². The van der Waals surface area contributed by atoms with Gasteiger partial charge in [0, 0.05) is 43.8 Å². The zero-order valence-electron chi connectivity index (χ0n) is 21.9. The van der Waals surface area contributed by atoms with Gasteiger partial charge in [0.05, 0.1) is 30.2 Å². The van der Waals surface area contributed by atoms with Crippen molar-refractivity contribution in [3.05, 3.63) is 36.0 Å². The first-order valence-corrected chi connectivity index (χ1v) is 12.2. The highest BCUT2D eigenvalue weighted by Crippen LogP contribution is 2.31. The fourth-order valence-electron chi connectivity index (χ4n) is 4.07. The van der Waals surface area contributed by atoms with Crippen LogP contribution in [-0.4, -0.2) is 78.6 Å². The number of likely N-dealkylation sites (tertiary alicyclic amines) is 1. The van der Waals surface area contributed by atoms with Crippen molar-refractivity contribution in [2.24, 2.45) is 0 Å². The minimum Gasteiger partial charge on any atom is -0.444 e. The van der Waals surface area contributed by atoms with E-state index in [1.54, 1.807) is 39.0 Å². The lowest BCUT2D eigenvalue weighted by Crippen LogP contribution is -2.43. The van der Waals surface area contributed by atoms with Crippen LogP contribution in [0.3, 0.4) is 0 Å². The predicted molar refractivity (Wildman–Crippen MR) is 137 cm³/mol. The normalized spacial score (nSPS) is 16.6. The maximum Gasteiger partial charge on any atom is 0.407 e. The zero-order chi connectivity index (χ0) is 28.1. The molecule has 2 aromatic rings. The van der Waals surface area contributed by atoms with Crippen LogP contribution in [0.4, 0.5) is 19.3 Å². The van der Waals surface area contributed by atoms with Crippen molar-refractivity contribution < 1.29 is 27.9 Å². The lowest BCUT2D eigenvalue weighted by atomic mass is 10.1. The summed E-state index contributed by atoms with van der Waals surface area (Å²) in [5, 5.41) is 14.8. The van der Waals surface area contributed by atoms with Gasteiger partial charge in [0.2, 0.25) is 5.91 Å². The third kappa shape index (κ3) is 7.50. The summed E-state index contributed by atoms with van der Waals surface area (Å²) in [5.74, 6) is -4.44. The van der Waals surface area contributed by atoms with E-state index in [4.69, 9.17) is 10.00 Å². The molecule has 204 valence electrons. The molecule has 1 saturated heterocycles. The molecule has 2 N–H and O–H groups in total. The number of carbonyl (C=O) groups excluding carboxylic acids is 3. The Morgan fingerprint density at radius 3 is 2.68 bits per heavy atom. The number of ether oxygens (including phenoxy) is 1. The molecule has 3 amide bonds. The second-order valence-corrected chi connectivity index (χ2v) is 10.2. The highest BCUT2D eigenvalue weighted by molar-refractivity contribution is 6.07. The Bertz CT molecular complexity index is 1240. The van der Waals surface area contributed by atoms with Crippen molar-refractivity contribution in [2.45, 2.75) is 51.2 Å². The molecule has 1 aromatic carbocycles. The second-order valence-electron chi connectivity index (χ2n) is 10.2. The van der Waals surface area contributed by atoms with E-state index in [1.807, 2.05) is 18.0 Å². The van der Waals surface area contributed by atoms with Gasteiger partial charge in [0.25, 0.3) is 11.8 Å². The number of alkyl halides is 2. The molecule has 1 fully saturated rings. The first kappa shape index (κ1) is 28.6. The monoisotopic (exact) mass is 530 g/mol. The fraction of sp³-hybridized carbons (Fsp3) is 0.500. The van der Waals surface area contributed by atoms with Gasteiger partial charge in [-0.15, -0.1) is 0 Å². The van der Waals surface area contributed by atoms with Crippen molar-refractivity contribution in [2.75, 3.05) is 38.1 Å². The van der Waals surface area contributed by atoms with Crippen LogP contribution in [0.5, 0.6) is 0 Å². The Hall–Kier alpha value is -4.01. The molecule has 3 rings (SSSR count). The van der Waals surface area contributed by atoms with Gasteiger partial charge >= 0.3 is 6.09 Å². The van der Waals surface area contributed by atoms with Gasteiger partial charge in [-0.25, -0.2) is 13.6 Å². The number of carbonyl (C=O) groups is 3. The van der Waals surface area contributed by atoms with Crippen LogP contribution >= 0.6 is 0 Å². The van der Waals surface area contributed by atoms with Gasteiger partial charge in [0.15, 0.2) is 0 Å². The van der Waals surface area contributed by atoms with Crippen molar-refractivity contribution in [1.29, 1.82) is 5.26 Å². The molecule has 10 nitrogen and oxygen atoms in total. The number of hydrogen-bond acceptors (Lipinski definition) is 7. The molecule has 0 saturated carbocycles. The summed E-state index contributed by atoms with van der Waals surface area (Å²) in [6.07, 6.45) is 0.922. The molecule has 0 aliphatic carbocycles. The van der Waals surface area contributed by atoms with Crippen molar-refractivity contribution in [3.8, 4) is 6.07 Å². The summed E-state index contributed by atoms with van der Waals surface area (Å²) in [6, 6.07) is 7.43. The number of rotatable bonds is 8. The third-order valence-corrected chi connectivity index (χ3v) is 5.89. The Balaban J connectivity index is 1.62. The molecule has 0 unspecified atom stereocenters. The van der Waals surface area contributed by atoms with Crippen LogP contribution in [0.1, 0.15) is 44.0 Å². The van der Waals surface area contributed by atoms with E-state index in [9.17, 15) is 23.2 Å². The maximum absolute atomic E-state index is 13.7. The predicted octanol–water partition coefficient (Wildman–Crippen LogP) is 3.08. The smallest absolute Gasteiger partial charge is 0.407 e. The molecule has 12 heteroatoms. The number of nitrogens with one attached hydrogen (secondary N) is 2. The number of aromatic nitrogens is 1. The largest absolute Gasteiger partial charge is 0.444 e. The third-order valence-electron chi connectivity index (χ3n) is 5.89. The topological polar surface area (TPSA) is 128 Å². The molecule has 1 aliphatic heterocycles. The molecule has 38 heavy (non-hydrogen) atoms. The Morgan fingerprint density at radius 2 is 2.00 bits per heavy atom. The summed E-state index contributed by atoms with van der Waals surface area (Å²) in [6.45, 7) is 5.05. The number of halogens is 2. The molecular weight excluding hydrogens is 498 g/mol. The van der Waals surface area contributed by atoms with Crippen LogP contribution in [0, 0.1) is 11.3 Å². The van der Waals surface area contributed by atoms with Gasteiger partial charge < -0.3 is 25.2 Å². The summed E-state index contributed by atoms with van der Waals surface area (Å²) >= 11 is 0. The molecule has 1 atom stereocenters. The summed E-state index contributed by atoms with van der Waals surface area (Å²) in [7, 11) is 1.88. The second kappa shape index (κ2) is 11.6. The van der Waals surface area contributed by atoms with E-state index in [-0.39, 0.29) is 5.56 Å². The molecule has 1 aromatic heterocycles. The molecule has 0 bridgehead atoms. The number of benzene rings is 1. The van der Waals surface area contributed by atoms with E-state index in [0.29, 0.717) is 30.4 Å². The van der Waals surface area contributed by atoms with E-state index >= 15 is 0 Å². The standard InChI is InChI=1S/C26H32F2N6O4/c1-25(2,3)38-24(37)31-9-5-11-33(4)17-6-7-21-20(12-17)19(8-10-30-21)23(36)32-15-22(35)34-16-26(27,28)13-18(34)14-29/h6-8,10,12,18H,5,9,11,13,15-16H2,1-4H3,(H,31,37)(H,32,36)/t18-/m0/s1. The number of nitrogens with zero attached hydrogens (tertiary/aromatic N) is 4. The van der Waals surface area contributed by atoms with Gasteiger partial charge in [-0.3, -0.25) is 14.6 Å². The number of nitriles is 1.